The molecule has 0 radical (unpaired) electrons. The molecule has 0 saturated heterocycles. The fraction of sp³-hybridized carbons (Fsp3) is 0.500. The van der Waals surface area contributed by atoms with E-state index < -0.39 is 0 Å². The van der Waals surface area contributed by atoms with Gasteiger partial charge in [-0.1, -0.05) is 13.8 Å². The number of methoxy groups -OCH3 is 3. The van der Waals surface area contributed by atoms with Crippen molar-refractivity contribution in [1.82, 2.24) is 0 Å². The van der Waals surface area contributed by atoms with Crippen LogP contribution in [0.25, 0.3) is 0 Å². The summed E-state index contributed by atoms with van der Waals surface area (Å²) in [7, 11) is 4.78. The minimum atomic E-state index is 0. The number of halogens is 1. The van der Waals surface area contributed by atoms with Gasteiger partial charge in [-0.3, -0.25) is 4.79 Å². The first kappa shape index (κ1) is 20.8. The summed E-state index contributed by atoms with van der Waals surface area (Å²) in [5.41, 5.74) is 0.465. The zero-order chi connectivity index (χ0) is 15.3. The van der Waals surface area contributed by atoms with Crippen LogP contribution < -0.4 is 14.2 Å². The number of hydrogen-bond donors (Lipinski definition) is 0. The Kier molecular flexibility index (Phi) is 9.65. The van der Waals surface area contributed by atoms with E-state index in [-0.39, 0.29) is 33.0 Å². The first-order valence-electron chi connectivity index (χ1n) is 6.22. The van der Waals surface area contributed by atoms with Crippen LogP contribution in [0.3, 0.4) is 0 Å². The molecule has 0 fully saturated rings. The van der Waals surface area contributed by atoms with Gasteiger partial charge in [-0.05, 0) is 36.6 Å². The second-order valence-electron chi connectivity index (χ2n) is 4.61. The number of ether oxygens (including phenoxy) is 3. The van der Waals surface area contributed by atoms with Gasteiger partial charge in [-0.15, -0.1) is 0 Å². The van der Waals surface area contributed by atoms with E-state index in [1.807, 2.05) is 0 Å². The predicted octanol–water partition coefficient (Wildman–Crippen LogP) is 3.30. The Labute approximate surface area is 148 Å². The predicted molar refractivity (Wildman–Crippen MR) is 93.3 cm³/mol. The Morgan fingerprint density at radius 1 is 1.19 bits per heavy atom. The van der Waals surface area contributed by atoms with Crippen LogP contribution in [0.2, 0.25) is 0 Å². The number of hydrogen-bond acceptors (Lipinski definition) is 4. The summed E-state index contributed by atoms with van der Waals surface area (Å²) >= 11 is 3.40. The van der Waals surface area contributed by atoms with Crippen molar-refractivity contribution in [2.24, 2.45) is 5.92 Å². The molecule has 0 aromatic heterocycles. The molecule has 1 unspecified atom stereocenters. The molecule has 0 aliphatic rings. The topological polar surface area (TPSA) is 44.8 Å². The van der Waals surface area contributed by atoms with Crippen LogP contribution in [0.4, 0.5) is 0 Å². The molecule has 1 rings (SSSR count). The molecule has 4 nitrogen and oxygen atoms in total. The first-order chi connectivity index (χ1) is 9.46. The van der Waals surface area contributed by atoms with Crippen LogP contribution >= 0.6 is 24.5 Å². The Hall–Kier alpha value is -0.203. The molecule has 0 heterocycles. The Morgan fingerprint density at radius 3 is 2.19 bits per heavy atom. The van der Waals surface area contributed by atoms with Crippen LogP contribution in [-0.2, 0) is 0 Å². The van der Waals surface area contributed by atoms with E-state index in [0.29, 0.717) is 33.2 Å². The van der Waals surface area contributed by atoms with Crippen LogP contribution in [0.5, 0.6) is 17.2 Å². The molecule has 0 saturated carbocycles. The molecule has 1 aromatic carbocycles. The first-order valence-corrected chi connectivity index (χ1v) is 8.22. The molecule has 0 amide bonds. The fourth-order valence-electron chi connectivity index (χ4n) is 1.74. The molecule has 0 aliphatic heterocycles. The minimum absolute atomic E-state index is 0. The summed E-state index contributed by atoms with van der Waals surface area (Å²) in [5.74, 6) is 1.90. The fourth-order valence-corrected chi connectivity index (χ4v) is 3.30. The molecule has 7 heteroatoms. The van der Waals surface area contributed by atoms with Crippen molar-refractivity contribution in [2.75, 3.05) is 27.5 Å². The van der Waals surface area contributed by atoms with Crippen molar-refractivity contribution in [1.29, 1.82) is 0 Å². The molecular weight excluding hydrogens is 350 g/mol. The van der Waals surface area contributed by atoms with Gasteiger partial charge >= 0.3 is 18.9 Å². The molecule has 0 spiro atoms. The summed E-state index contributed by atoms with van der Waals surface area (Å²) in [5, 5.41) is 0. The average molecular weight is 371 g/mol. The zero-order valence-electron chi connectivity index (χ0n) is 12.4. The van der Waals surface area contributed by atoms with Gasteiger partial charge in [-0.2, -0.15) is 0 Å². The Balaban J connectivity index is 0.00000400. The molecule has 1 aromatic rings. The van der Waals surface area contributed by atoms with Crippen molar-refractivity contribution in [3.8, 4) is 17.2 Å². The number of rotatable bonds is 7. The molecule has 114 valence electrons. The van der Waals surface area contributed by atoms with Crippen LogP contribution in [0.1, 0.15) is 24.2 Å². The number of carbonyl (C=O) groups excluding carboxylic acids is 1. The Morgan fingerprint density at radius 2 is 1.76 bits per heavy atom. The quantitative estimate of drug-likeness (QED) is 0.545. The normalized spacial score (nSPS) is 10.6. The van der Waals surface area contributed by atoms with Crippen LogP contribution in [-0.4, -0.2) is 51.9 Å². The van der Waals surface area contributed by atoms with Crippen molar-refractivity contribution in [3.05, 3.63) is 16.1 Å². The summed E-state index contributed by atoms with van der Waals surface area (Å²) in [6.07, 6.45) is 0.847. The van der Waals surface area contributed by atoms with E-state index in [2.05, 4.69) is 29.8 Å². The van der Waals surface area contributed by atoms with Gasteiger partial charge in [0.2, 0.25) is 0 Å². The standard InChI is InChI=1S/C14H20BrO4P.Li.H/c1-8(2)7-20-14(16)11-12(18-4)9(15)6-10(17-3)13(11)19-5;;/h6,8,20H,7H2,1-5H3;;. The van der Waals surface area contributed by atoms with E-state index in [0.717, 1.165) is 6.16 Å². The van der Waals surface area contributed by atoms with E-state index in [9.17, 15) is 4.79 Å². The van der Waals surface area contributed by atoms with Gasteiger partial charge in [0.1, 0.15) is 11.3 Å². The van der Waals surface area contributed by atoms with E-state index in [1.54, 1.807) is 13.2 Å². The maximum atomic E-state index is 12.5. The molecular formula is C14H21BrLiO4P. The maximum absolute atomic E-state index is 12.5. The summed E-state index contributed by atoms with van der Waals surface area (Å²) in [6, 6.07) is 1.74. The third kappa shape index (κ3) is 5.18. The van der Waals surface area contributed by atoms with Gasteiger partial charge in [0.05, 0.1) is 25.8 Å². The molecule has 1 atom stereocenters. The number of benzene rings is 1. The van der Waals surface area contributed by atoms with E-state index in [4.69, 9.17) is 14.2 Å². The third-order valence-corrected chi connectivity index (χ3v) is 4.86. The molecule has 0 bridgehead atoms. The van der Waals surface area contributed by atoms with Crippen LogP contribution in [0, 0.1) is 5.92 Å². The molecule has 0 N–H and O–H groups in total. The van der Waals surface area contributed by atoms with Gasteiger partial charge < -0.3 is 14.2 Å². The Bertz CT molecular complexity index is 494. The van der Waals surface area contributed by atoms with Gasteiger partial charge in [0.15, 0.2) is 17.0 Å². The second kappa shape index (κ2) is 9.74. The van der Waals surface area contributed by atoms with Gasteiger partial charge in [0, 0.05) is 6.07 Å². The van der Waals surface area contributed by atoms with Crippen LogP contribution in [0.15, 0.2) is 10.5 Å². The summed E-state index contributed by atoms with van der Waals surface area (Å²) in [4.78, 5) is 12.5. The van der Waals surface area contributed by atoms with Gasteiger partial charge in [-0.25, -0.2) is 0 Å². The SMILES string of the molecule is COc1cc(Br)c(OC)c(C(=O)PCC(C)C)c1OC.[LiH]. The van der Waals surface area contributed by atoms with E-state index in [1.165, 1.54) is 14.2 Å². The monoisotopic (exact) mass is 370 g/mol. The van der Waals surface area contributed by atoms with Crippen molar-refractivity contribution in [2.45, 2.75) is 13.8 Å². The zero-order valence-corrected chi connectivity index (χ0v) is 15.0. The third-order valence-electron chi connectivity index (χ3n) is 2.68. The second-order valence-corrected chi connectivity index (χ2v) is 6.68. The summed E-state index contributed by atoms with van der Waals surface area (Å²) in [6.45, 7) is 4.19. The average Bonchev–Trinajstić information content (AvgIpc) is 2.43. The van der Waals surface area contributed by atoms with Crippen molar-refractivity contribution >= 4 is 48.9 Å². The van der Waals surface area contributed by atoms with Gasteiger partial charge in [0.25, 0.3) is 0 Å². The van der Waals surface area contributed by atoms with E-state index >= 15 is 0 Å². The van der Waals surface area contributed by atoms with Crippen molar-refractivity contribution < 1.29 is 19.0 Å². The molecule has 0 aliphatic carbocycles. The van der Waals surface area contributed by atoms with Crippen molar-refractivity contribution in [3.63, 3.8) is 0 Å². The number of carbonyl (C=O) groups is 1. The summed E-state index contributed by atoms with van der Waals surface area (Å²) < 4.78 is 16.6. The molecule has 21 heavy (non-hydrogen) atoms.